The quantitative estimate of drug-likeness (QED) is 0.886. The molecule has 1 aliphatic heterocycles. The maximum absolute atomic E-state index is 12.2. The van der Waals surface area contributed by atoms with Gasteiger partial charge in [0.1, 0.15) is 5.75 Å². The Morgan fingerprint density at radius 3 is 2.71 bits per heavy atom. The third-order valence-corrected chi connectivity index (χ3v) is 4.83. The third kappa shape index (κ3) is 5.38. The van der Waals surface area contributed by atoms with Crippen LogP contribution in [-0.4, -0.2) is 44.3 Å². The van der Waals surface area contributed by atoms with Crippen LogP contribution in [0.3, 0.4) is 0 Å². The predicted octanol–water partition coefficient (Wildman–Crippen LogP) is 2.20. The summed E-state index contributed by atoms with van der Waals surface area (Å²) < 4.78 is 64.8. The van der Waals surface area contributed by atoms with E-state index in [-0.39, 0.29) is 12.2 Å². The van der Waals surface area contributed by atoms with Crippen molar-refractivity contribution in [3.8, 4) is 5.75 Å². The van der Waals surface area contributed by atoms with E-state index in [1.165, 1.54) is 16.4 Å². The van der Waals surface area contributed by atoms with Gasteiger partial charge in [-0.25, -0.2) is 12.7 Å². The van der Waals surface area contributed by atoms with Crippen LogP contribution in [-0.2, 0) is 14.8 Å². The lowest BCUT2D eigenvalue weighted by Crippen LogP contribution is -2.43. The van der Waals surface area contributed by atoms with Crippen LogP contribution in [0.1, 0.15) is 12.8 Å². The summed E-state index contributed by atoms with van der Waals surface area (Å²) in [5.74, 6) is -1.44. The molecule has 1 N–H and O–H groups in total. The second kappa shape index (κ2) is 6.98. The van der Waals surface area contributed by atoms with Crippen molar-refractivity contribution < 1.29 is 31.1 Å². The van der Waals surface area contributed by atoms with Crippen LogP contribution < -0.4 is 10.1 Å². The summed E-state index contributed by atoms with van der Waals surface area (Å²) in [5, 5.41) is 2.50. The van der Waals surface area contributed by atoms with Gasteiger partial charge in [-0.15, -0.1) is 13.2 Å². The van der Waals surface area contributed by atoms with Gasteiger partial charge in [0.25, 0.3) is 0 Å². The van der Waals surface area contributed by atoms with E-state index >= 15 is 0 Å². The Morgan fingerprint density at radius 2 is 2.08 bits per heavy atom. The summed E-state index contributed by atoms with van der Waals surface area (Å²) in [6.07, 6.45) is -2.69. The fourth-order valence-electron chi connectivity index (χ4n) is 2.47. The number of amides is 1. The third-order valence-electron chi connectivity index (χ3n) is 3.56. The zero-order valence-electron chi connectivity index (χ0n) is 12.8. The lowest BCUT2D eigenvalue weighted by molar-refractivity contribution is -0.274. The molecule has 1 heterocycles. The lowest BCUT2D eigenvalue weighted by Gasteiger charge is -2.30. The summed E-state index contributed by atoms with van der Waals surface area (Å²) in [4.78, 5) is 12.2. The molecule has 10 heteroatoms. The molecule has 1 aromatic carbocycles. The van der Waals surface area contributed by atoms with Crippen molar-refractivity contribution in [1.29, 1.82) is 0 Å². The smallest absolute Gasteiger partial charge is 0.406 e. The van der Waals surface area contributed by atoms with Gasteiger partial charge in [0, 0.05) is 24.8 Å². The molecule has 1 aromatic rings. The first-order chi connectivity index (χ1) is 11.0. The number of carbonyl (C=O) groups excluding carboxylic acids is 1. The van der Waals surface area contributed by atoms with Gasteiger partial charge in [0.2, 0.25) is 15.9 Å². The second-order valence-electron chi connectivity index (χ2n) is 5.53. The molecule has 0 saturated carbocycles. The maximum Gasteiger partial charge on any atom is 0.573 e. The van der Waals surface area contributed by atoms with Gasteiger partial charge < -0.3 is 10.1 Å². The van der Waals surface area contributed by atoms with E-state index in [0.29, 0.717) is 19.4 Å². The van der Waals surface area contributed by atoms with Crippen LogP contribution in [0.15, 0.2) is 24.3 Å². The number of alkyl halides is 3. The zero-order valence-corrected chi connectivity index (χ0v) is 13.7. The normalized spacial score (nSPS) is 19.8. The predicted molar refractivity (Wildman–Crippen MR) is 80.9 cm³/mol. The number of nitrogens with one attached hydrogen (secondary N) is 1. The minimum absolute atomic E-state index is 0.0589. The van der Waals surface area contributed by atoms with Gasteiger partial charge in [-0.3, -0.25) is 4.79 Å². The van der Waals surface area contributed by atoms with Gasteiger partial charge >= 0.3 is 6.36 Å². The van der Waals surface area contributed by atoms with E-state index < -0.39 is 34.0 Å². The molecule has 6 nitrogen and oxygen atoms in total. The van der Waals surface area contributed by atoms with Crippen molar-refractivity contribution in [2.45, 2.75) is 19.2 Å². The van der Waals surface area contributed by atoms with Gasteiger partial charge in [-0.2, -0.15) is 0 Å². The van der Waals surface area contributed by atoms with Crippen LogP contribution >= 0.6 is 0 Å². The summed E-state index contributed by atoms with van der Waals surface area (Å²) in [6, 6.07) is 4.93. The number of carbonyl (C=O) groups is 1. The van der Waals surface area contributed by atoms with Crippen molar-refractivity contribution in [2.24, 2.45) is 5.92 Å². The number of anilines is 1. The second-order valence-corrected chi connectivity index (χ2v) is 7.51. The van der Waals surface area contributed by atoms with Crippen LogP contribution in [0, 0.1) is 5.92 Å². The highest BCUT2D eigenvalue weighted by Gasteiger charge is 2.32. The molecule has 1 atom stereocenters. The molecule has 0 unspecified atom stereocenters. The molecule has 0 aliphatic carbocycles. The average molecular weight is 366 g/mol. The molecule has 134 valence electrons. The van der Waals surface area contributed by atoms with Gasteiger partial charge in [0.05, 0.1) is 12.2 Å². The Morgan fingerprint density at radius 1 is 1.38 bits per heavy atom. The minimum Gasteiger partial charge on any atom is -0.406 e. The molecular formula is C14H17F3N2O4S. The van der Waals surface area contributed by atoms with Crippen molar-refractivity contribution in [1.82, 2.24) is 4.31 Å². The van der Waals surface area contributed by atoms with E-state index in [4.69, 9.17) is 0 Å². The van der Waals surface area contributed by atoms with Crippen molar-refractivity contribution in [3.63, 3.8) is 0 Å². The van der Waals surface area contributed by atoms with Crippen molar-refractivity contribution >= 4 is 21.6 Å². The Balaban J connectivity index is 2.03. The SMILES string of the molecule is CS(=O)(=O)N1CCC[C@@H](C(=O)Nc2cccc(OC(F)(F)F)c2)C1. The Labute approximate surface area is 137 Å². The first kappa shape index (κ1) is 18.5. The number of nitrogens with zero attached hydrogens (tertiary/aromatic N) is 1. The number of halogens is 3. The number of hydrogen-bond donors (Lipinski definition) is 1. The van der Waals surface area contributed by atoms with Crippen LogP contribution in [0.4, 0.5) is 18.9 Å². The van der Waals surface area contributed by atoms with Gasteiger partial charge in [-0.1, -0.05) is 6.07 Å². The van der Waals surface area contributed by atoms with E-state index in [0.717, 1.165) is 18.4 Å². The fourth-order valence-corrected chi connectivity index (χ4v) is 3.38. The van der Waals surface area contributed by atoms with Crippen LogP contribution in [0.2, 0.25) is 0 Å². The molecule has 24 heavy (non-hydrogen) atoms. The number of piperidine rings is 1. The maximum atomic E-state index is 12.2. The Kier molecular flexibility index (Phi) is 5.38. The Hall–Kier alpha value is -1.81. The highest BCUT2D eigenvalue weighted by molar-refractivity contribution is 7.88. The monoisotopic (exact) mass is 366 g/mol. The largest absolute Gasteiger partial charge is 0.573 e. The number of benzene rings is 1. The van der Waals surface area contributed by atoms with E-state index in [1.54, 1.807) is 0 Å². The fraction of sp³-hybridized carbons (Fsp3) is 0.500. The van der Waals surface area contributed by atoms with E-state index in [1.807, 2.05) is 0 Å². The van der Waals surface area contributed by atoms with Crippen LogP contribution in [0.5, 0.6) is 5.75 Å². The molecule has 0 radical (unpaired) electrons. The molecule has 2 rings (SSSR count). The summed E-state index contributed by atoms with van der Waals surface area (Å²) >= 11 is 0. The molecular weight excluding hydrogens is 349 g/mol. The first-order valence-corrected chi connectivity index (χ1v) is 9.01. The highest BCUT2D eigenvalue weighted by Crippen LogP contribution is 2.26. The molecule has 0 spiro atoms. The number of rotatable bonds is 4. The summed E-state index contributed by atoms with van der Waals surface area (Å²) in [6.45, 7) is 0.418. The topological polar surface area (TPSA) is 75.7 Å². The summed E-state index contributed by atoms with van der Waals surface area (Å²) in [5.41, 5.74) is 0.151. The molecule has 1 saturated heterocycles. The number of ether oxygens (including phenoxy) is 1. The number of hydrogen-bond acceptors (Lipinski definition) is 4. The molecule has 0 bridgehead atoms. The Bertz CT molecular complexity index is 706. The highest BCUT2D eigenvalue weighted by atomic mass is 32.2. The van der Waals surface area contributed by atoms with Crippen molar-refractivity contribution in [2.75, 3.05) is 24.7 Å². The van der Waals surface area contributed by atoms with Crippen LogP contribution in [0.25, 0.3) is 0 Å². The number of sulfonamides is 1. The summed E-state index contributed by atoms with van der Waals surface area (Å²) in [7, 11) is -3.38. The van der Waals surface area contributed by atoms with Gasteiger partial charge in [0.15, 0.2) is 0 Å². The van der Waals surface area contributed by atoms with Gasteiger partial charge in [-0.05, 0) is 25.0 Å². The average Bonchev–Trinajstić information content (AvgIpc) is 2.45. The van der Waals surface area contributed by atoms with E-state index in [9.17, 15) is 26.4 Å². The molecule has 0 aromatic heterocycles. The zero-order chi connectivity index (χ0) is 18.0. The molecule has 1 amide bonds. The minimum atomic E-state index is -4.82. The first-order valence-electron chi connectivity index (χ1n) is 7.16. The van der Waals surface area contributed by atoms with Crippen molar-refractivity contribution in [3.05, 3.63) is 24.3 Å². The molecule has 1 fully saturated rings. The standard InChI is InChI=1S/C14H17F3N2O4S/c1-24(21,22)19-7-3-4-10(9-19)13(20)18-11-5-2-6-12(8-11)23-14(15,16)17/h2,5-6,8,10H,3-4,7,9H2,1H3,(H,18,20)/t10-/m1/s1. The lowest BCUT2D eigenvalue weighted by atomic mass is 9.98. The molecule has 1 aliphatic rings. The van der Waals surface area contributed by atoms with E-state index in [2.05, 4.69) is 10.1 Å².